The summed E-state index contributed by atoms with van der Waals surface area (Å²) in [5.41, 5.74) is 2.96. The van der Waals surface area contributed by atoms with Gasteiger partial charge in [-0.2, -0.15) is 0 Å². The van der Waals surface area contributed by atoms with Crippen LogP contribution in [0.1, 0.15) is 11.4 Å². The van der Waals surface area contributed by atoms with Crippen LogP contribution in [-0.2, 0) is 0 Å². The van der Waals surface area contributed by atoms with Gasteiger partial charge in [0.15, 0.2) is 11.6 Å². The monoisotopic (exact) mass is 278 g/mol. The van der Waals surface area contributed by atoms with E-state index in [1.165, 1.54) is 11.8 Å². The molecule has 0 fully saturated rings. The van der Waals surface area contributed by atoms with Crippen LogP contribution in [0.4, 0.5) is 0 Å². The number of nitrogens with zero attached hydrogens (tertiary/aromatic N) is 4. The highest BCUT2D eigenvalue weighted by Gasteiger charge is 2.11. The van der Waals surface area contributed by atoms with Crippen molar-refractivity contribution in [2.75, 3.05) is 0 Å². The van der Waals surface area contributed by atoms with Crippen molar-refractivity contribution in [3.05, 3.63) is 66.0 Å². The first-order chi connectivity index (χ1) is 10.3. The lowest BCUT2D eigenvalue weighted by Gasteiger charge is -2.01. The zero-order valence-corrected chi connectivity index (χ0v) is 11.5. The molecule has 5 heteroatoms. The highest BCUT2D eigenvalue weighted by atomic mass is 16.4. The van der Waals surface area contributed by atoms with Gasteiger partial charge in [0.25, 0.3) is 0 Å². The molecule has 0 bridgehead atoms. The minimum absolute atomic E-state index is 0.472. The molecule has 0 unspecified atom stereocenters. The second-order valence-corrected chi connectivity index (χ2v) is 4.65. The predicted molar refractivity (Wildman–Crippen MR) is 80.9 cm³/mol. The third-order valence-electron chi connectivity index (χ3n) is 3.12. The standard InChI is InChI=1S/C16H14N4O/c1-12-7-9-13(10-8-12)16-18-15(11-17-21)20(19-16)14-5-3-2-4-6-14/h2-11,21H,1H3/b17-11-. The molecule has 0 aliphatic carbocycles. The Morgan fingerprint density at radius 2 is 1.76 bits per heavy atom. The van der Waals surface area contributed by atoms with E-state index in [-0.39, 0.29) is 0 Å². The summed E-state index contributed by atoms with van der Waals surface area (Å²) in [7, 11) is 0. The molecule has 0 saturated carbocycles. The highest BCUT2D eigenvalue weighted by molar-refractivity contribution is 5.76. The molecule has 0 spiro atoms. The lowest BCUT2D eigenvalue weighted by Crippen LogP contribution is -2.01. The second-order valence-electron chi connectivity index (χ2n) is 4.65. The lowest BCUT2D eigenvalue weighted by atomic mass is 10.1. The molecular formula is C16H14N4O. The van der Waals surface area contributed by atoms with Gasteiger partial charge in [0, 0.05) is 5.56 Å². The van der Waals surface area contributed by atoms with Crippen molar-refractivity contribution in [1.82, 2.24) is 14.8 Å². The molecule has 5 nitrogen and oxygen atoms in total. The lowest BCUT2D eigenvalue weighted by molar-refractivity contribution is 0.321. The number of aryl methyl sites for hydroxylation is 1. The zero-order valence-electron chi connectivity index (χ0n) is 11.5. The second kappa shape index (κ2) is 5.58. The quantitative estimate of drug-likeness (QED) is 0.455. The van der Waals surface area contributed by atoms with Crippen molar-refractivity contribution in [1.29, 1.82) is 0 Å². The van der Waals surface area contributed by atoms with Crippen LogP contribution in [0.5, 0.6) is 0 Å². The van der Waals surface area contributed by atoms with Crippen LogP contribution in [0.2, 0.25) is 0 Å². The van der Waals surface area contributed by atoms with Gasteiger partial charge in [-0.3, -0.25) is 0 Å². The number of para-hydroxylation sites is 1. The van der Waals surface area contributed by atoms with Gasteiger partial charge >= 0.3 is 0 Å². The molecule has 1 heterocycles. The normalized spacial score (nSPS) is 11.1. The molecule has 1 aromatic heterocycles. The van der Waals surface area contributed by atoms with Crippen molar-refractivity contribution >= 4 is 6.21 Å². The minimum atomic E-state index is 0.472. The number of hydrogen-bond donors (Lipinski definition) is 1. The molecule has 104 valence electrons. The van der Waals surface area contributed by atoms with Gasteiger partial charge < -0.3 is 5.21 Å². The molecule has 3 rings (SSSR count). The third kappa shape index (κ3) is 2.67. The fourth-order valence-corrected chi connectivity index (χ4v) is 2.04. The summed E-state index contributed by atoms with van der Waals surface area (Å²) in [6.45, 7) is 2.03. The summed E-state index contributed by atoms with van der Waals surface area (Å²) in [6, 6.07) is 17.6. The van der Waals surface area contributed by atoms with Crippen LogP contribution >= 0.6 is 0 Å². The van der Waals surface area contributed by atoms with E-state index < -0.39 is 0 Å². The molecule has 0 atom stereocenters. The topological polar surface area (TPSA) is 63.3 Å². The molecule has 0 saturated heterocycles. The van der Waals surface area contributed by atoms with Crippen LogP contribution in [0.25, 0.3) is 17.1 Å². The van der Waals surface area contributed by atoms with Crippen LogP contribution in [0.3, 0.4) is 0 Å². The fraction of sp³-hybridized carbons (Fsp3) is 0.0625. The molecule has 2 aromatic carbocycles. The molecule has 3 aromatic rings. The maximum atomic E-state index is 8.80. The fourth-order valence-electron chi connectivity index (χ4n) is 2.04. The average Bonchev–Trinajstić information content (AvgIpc) is 2.93. The van der Waals surface area contributed by atoms with E-state index in [1.807, 2.05) is 61.5 Å². The summed E-state index contributed by atoms with van der Waals surface area (Å²) in [5, 5.41) is 16.4. The third-order valence-corrected chi connectivity index (χ3v) is 3.12. The van der Waals surface area contributed by atoms with E-state index in [0.717, 1.165) is 11.3 Å². The Balaban J connectivity index is 2.10. The minimum Gasteiger partial charge on any atom is -0.411 e. The first-order valence-electron chi connectivity index (χ1n) is 6.55. The molecule has 21 heavy (non-hydrogen) atoms. The Hall–Kier alpha value is -2.95. The van der Waals surface area contributed by atoms with Gasteiger partial charge in [0.05, 0.1) is 5.69 Å². The predicted octanol–water partition coefficient (Wildman–Crippen LogP) is 3.05. The highest BCUT2D eigenvalue weighted by Crippen LogP contribution is 2.18. The number of oxime groups is 1. The van der Waals surface area contributed by atoms with E-state index in [2.05, 4.69) is 15.2 Å². The summed E-state index contributed by atoms with van der Waals surface area (Å²) >= 11 is 0. The molecule has 0 aliphatic heterocycles. The van der Waals surface area contributed by atoms with Crippen LogP contribution < -0.4 is 0 Å². The molecule has 0 amide bonds. The maximum Gasteiger partial charge on any atom is 0.182 e. The van der Waals surface area contributed by atoms with Gasteiger partial charge in [0.1, 0.15) is 6.21 Å². The Labute approximate surface area is 122 Å². The summed E-state index contributed by atoms with van der Waals surface area (Å²) < 4.78 is 1.65. The van der Waals surface area contributed by atoms with Crippen LogP contribution in [0, 0.1) is 6.92 Å². The van der Waals surface area contributed by atoms with E-state index in [9.17, 15) is 0 Å². The maximum absolute atomic E-state index is 8.80. The van der Waals surface area contributed by atoms with Crippen LogP contribution in [-0.4, -0.2) is 26.2 Å². The molecule has 1 N–H and O–H groups in total. The smallest absolute Gasteiger partial charge is 0.182 e. The van der Waals surface area contributed by atoms with Crippen molar-refractivity contribution in [3.8, 4) is 17.1 Å². The van der Waals surface area contributed by atoms with E-state index in [1.54, 1.807) is 4.68 Å². The van der Waals surface area contributed by atoms with Gasteiger partial charge in [-0.05, 0) is 19.1 Å². The molecule has 0 aliphatic rings. The van der Waals surface area contributed by atoms with E-state index >= 15 is 0 Å². The Morgan fingerprint density at radius 1 is 1.05 bits per heavy atom. The molecular weight excluding hydrogens is 264 g/mol. The summed E-state index contributed by atoms with van der Waals surface area (Å²) in [4.78, 5) is 4.42. The van der Waals surface area contributed by atoms with Crippen LogP contribution in [0.15, 0.2) is 59.8 Å². The van der Waals surface area contributed by atoms with E-state index in [4.69, 9.17) is 5.21 Å². The Kier molecular flexibility index (Phi) is 3.47. The zero-order chi connectivity index (χ0) is 14.7. The Morgan fingerprint density at radius 3 is 2.43 bits per heavy atom. The molecule has 0 radical (unpaired) electrons. The van der Waals surface area contributed by atoms with Gasteiger partial charge in [-0.15, -0.1) is 5.10 Å². The van der Waals surface area contributed by atoms with Gasteiger partial charge in [-0.1, -0.05) is 53.2 Å². The number of aromatic nitrogens is 3. The van der Waals surface area contributed by atoms with Crippen molar-refractivity contribution in [2.24, 2.45) is 5.16 Å². The largest absolute Gasteiger partial charge is 0.411 e. The van der Waals surface area contributed by atoms with Crippen molar-refractivity contribution < 1.29 is 5.21 Å². The number of benzene rings is 2. The van der Waals surface area contributed by atoms with Crippen molar-refractivity contribution in [3.63, 3.8) is 0 Å². The number of hydrogen-bond acceptors (Lipinski definition) is 4. The first-order valence-corrected chi connectivity index (χ1v) is 6.55. The van der Waals surface area contributed by atoms with Crippen molar-refractivity contribution in [2.45, 2.75) is 6.92 Å². The first kappa shape index (κ1) is 13.1. The Bertz CT molecular complexity index is 761. The van der Waals surface area contributed by atoms with Gasteiger partial charge in [-0.25, -0.2) is 9.67 Å². The van der Waals surface area contributed by atoms with Gasteiger partial charge in [0.2, 0.25) is 0 Å². The number of rotatable bonds is 3. The summed E-state index contributed by atoms with van der Waals surface area (Å²) in [5.74, 6) is 1.06. The summed E-state index contributed by atoms with van der Waals surface area (Å²) in [6.07, 6.45) is 1.28. The average molecular weight is 278 g/mol. The SMILES string of the molecule is Cc1ccc(-c2nc(/C=N\O)n(-c3ccccc3)n2)cc1. The van der Waals surface area contributed by atoms with E-state index in [0.29, 0.717) is 11.6 Å².